The van der Waals surface area contributed by atoms with Crippen molar-refractivity contribution in [1.29, 1.82) is 0 Å². The third kappa shape index (κ3) is 4.38. The van der Waals surface area contributed by atoms with Crippen molar-refractivity contribution in [3.05, 3.63) is 65.7 Å². The highest BCUT2D eigenvalue weighted by atomic mass is 16.5. The summed E-state index contributed by atoms with van der Waals surface area (Å²) in [6, 6.07) is 14.1. The highest BCUT2D eigenvalue weighted by Gasteiger charge is 2.05. The Morgan fingerprint density at radius 2 is 1.81 bits per heavy atom. The van der Waals surface area contributed by atoms with Gasteiger partial charge in [0.25, 0.3) is 0 Å². The zero-order valence-corrected chi connectivity index (χ0v) is 12.9. The van der Waals surface area contributed by atoms with Gasteiger partial charge in [-0.3, -0.25) is 0 Å². The van der Waals surface area contributed by atoms with Crippen molar-refractivity contribution >= 4 is 6.08 Å². The van der Waals surface area contributed by atoms with E-state index in [1.54, 1.807) is 6.08 Å². The first-order valence-electron chi connectivity index (χ1n) is 7.20. The zero-order valence-electron chi connectivity index (χ0n) is 12.9. The smallest absolute Gasteiger partial charge is 0.124 e. The Hall–Kier alpha value is -2.22. The Bertz CT molecular complexity index is 615. The molecule has 0 bridgehead atoms. The van der Waals surface area contributed by atoms with Crippen LogP contribution in [-0.4, -0.2) is 6.10 Å². The molecule has 0 aromatic heterocycles. The highest BCUT2D eigenvalue weighted by Crippen LogP contribution is 2.25. The largest absolute Gasteiger partial charge is 0.491 e. The fourth-order valence-electron chi connectivity index (χ4n) is 2.07. The summed E-state index contributed by atoms with van der Waals surface area (Å²) >= 11 is 0. The van der Waals surface area contributed by atoms with Gasteiger partial charge in [-0.25, -0.2) is 0 Å². The minimum Gasteiger partial charge on any atom is -0.491 e. The average Bonchev–Trinajstić information content (AvgIpc) is 2.45. The minimum absolute atomic E-state index is 0.134. The molecular weight excluding hydrogens is 260 g/mol. The summed E-state index contributed by atoms with van der Waals surface area (Å²) in [6.07, 6.45) is 1.93. The lowest BCUT2D eigenvalue weighted by molar-refractivity contribution is 0.239. The summed E-state index contributed by atoms with van der Waals surface area (Å²) in [5, 5.41) is 0. The molecule has 0 saturated heterocycles. The molecule has 2 heteroatoms. The quantitative estimate of drug-likeness (QED) is 0.742. The number of ether oxygens (including phenoxy) is 2. The van der Waals surface area contributed by atoms with E-state index >= 15 is 0 Å². The van der Waals surface area contributed by atoms with Crippen LogP contribution in [-0.2, 0) is 6.61 Å². The second-order valence-electron chi connectivity index (χ2n) is 5.32. The van der Waals surface area contributed by atoms with E-state index in [4.69, 9.17) is 9.47 Å². The molecule has 0 radical (unpaired) electrons. The van der Waals surface area contributed by atoms with Crippen LogP contribution in [0, 0.1) is 6.92 Å². The van der Waals surface area contributed by atoms with Crippen molar-refractivity contribution < 1.29 is 9.47 Å². The van der Waals surface area contributed by atoms with Crippen molar-refractivity contribution in [2.24, 2.45) is 0 Å². The van der Waals surface area contributed by atoms with Gasteiger partial charge in [0.05, 0.1) is 6.10 Å². The van der Waals surface area contributed by atoms with Crippen molar-refractivity contribution in [3.63, 3.8) is 0 Å². The topological polar surface area (TPSA) is 18.5 Å². The number of hydrogen-bond donors (Lipinski definition) is 0. The standard InChI is InChI=1S/C19H22O2/c1-5-16-10-18(12-19(11-16)21-14(2)3)20-13-17-9-7-6-8-15(17)4/h5-12,14H,1,13H2,2-4H3. The fraction of sp³-hybridized carbons (Fsp3) is 0.263. The summed E-state index contributed by atoms with van der Waals surface area (Å²) in [7, 11) is 0. The van der Waals surface area contributed by atoms with Gasteiger partial charge in [-0.1, -0.05) is 36.9 Å². The lowest BCUT2D eigenvalue weighted by Gasteiger charge is -2.14. The predicted octanol–water partition coefficient (Wildman–Crippen LogP) is 5.00. The third-order valence-corrected chi connectivity index (χ3v) is 3.17. The molecule has 0 N–H and O–H groups in total. The second-order valence-corrected chi connectivity index (χ2v) is 5.32. The van der Waals surface area contributed by atoms with Gasteiger partial charge in [-0.2, -0.15) is 0 Å². The SMILES string of the molecule is C=Cc1cc(OCc2ccccc2C)cc(OC(C)C)c1. The number of aryl methyl sites for hydroxylation is 1. The molecule has 2 nitrogen and oxygen atoms in total. The first-order chi connectivity index (χ1) is 10.1. The van der Waals surface area contributed by atoms with E-state index in [-0.39, 0.29) is 6.10 Å². The Balaban J connectivity index is 2.15. The number of hydrogen-bond acceptors (Lipinski definition) is 2. The van der Waals surface area contributed by atoms with Crippen LogP contribution in [0.1, 0.15) is 30.5 Å². The van der Waals surface area contributed by atoms with Crippen LogP contribution in [0.5, 0.6) is 11.5 Å². The molecule has 2 aromatic carbocycles. The molecule has 0 amide bonds. The first-order valence-corrected chi connectivity index (χ1v) is 7.20. The Morgan fingerprint density at radius 3 is 2.48 bits per heavy atom. The number of rotatable bonds is 6. The van der Waals surface area contributed by atoms with Crippen LogP contribution in [0.2, 0.25) is 0 Å². The molecule has 0 saturated carbocycles. The van der Waals surface area contributed by atoms with Crippen LogP contribution < -0.4 is 9.47 Å². The maximum atomic E-state index is 5.91. The minimum atomic E-state index is 0.134. The van der Waals surface area contributed by atoms with Crippen LogP contribution >= 0.6 is 0 Å². The molecule has 0 heterocycles. The molecule has 0 aliphatic heterocycles. The summed E-state index contributed by atoms with van der Waals surface area (Å²) < 4.78 is 11.7. The monoisotopic (exact) mass is 282 g/mol. The van der Waals surface area contributed by atoms with E-state index < -0.39 is 0 Å². The Kier molecular flexibility index (Phi) is 5.04. The fourth-order valence-corrected chi connectivity index (χ4v) is 2.07. The van der Waals surface area contributed by atoms with E-state index in [1.807, 2.05) is 44.2 Å². The summed E-state index contributed by atoms with van der Waals surface area (Å²) in [6.45, 7) is 10.5. The van der Waals surface area contributed by atoms with Crippen LogP contribution in [0.25, 0.3) is 6.08 Å². The van der Waals surface area contributed by atoms with Gasteiger partial charge in [-0.05, 0) is 49.6 Å². The summed E-state index contributed by atoms with van der Waals surface area (Å²) in [5.41, 5.74) is 3.41. The summed E-state index contributed by atoms with van der Waals surface area (Å²) in [5.74, 6) is 1.61. The van der Waals surface area contributed by atoms with Crippen molar-refractivity contribution in [3.8, 4) is 11.5 Å². The van der Waals surface area contributed by atoms with Gasteiger partial charge in [-0.15, -0.1) is 0 Å². The van der Waals surface area contributed by atoms with Gasteiger partial charge in [0.1, 0.15) is 18.1 Å². The molecule has 21 heavy (non-hydrogen) atoms. The molecule has 2 rings (SSSR count). The van der Waals surface area contributed by atoms with Gasteiger partial charge >= 0.3 is 0 Å². The van der Waals surface area contributed by atoms with Crippen molar-refractivity contribution in [2.45, 2.75) is 33.5 Å². The van der Waals surface area contributed by atoms with E-state index in [2.05, 4.69) is 25.6 Å². The number of benzene rings is 2. The predicted molar refractivity (Wildman–Crippen MR) is 87.8 cm³/mol. The third-order valence-electron chi connectivity index (χ3n) is 3.17. The lowest BCUT2D eigenvalue weighted by atomic mass is 10.1. The highest BCUT2D eigenvalue weighted by molar-refractivity contribution is 5.53. The summed E-state index contributed by atoms with van der Waals surface area (Å²) in [4.78, 5) is 0. The van der Waals surface area contributed by atoms with E-state index in [0.717, 1.165) is 17.1 Å². The lowest BCUT2D eigenvalue weighted by Crippen LogP contribution is -2.06. The van der Waals surface area contributed by atoms with Crippen molar-refractivity contribution in [1.82, 2.24) is 0 Å². The van der Waals surface area contributed by atoms with E-state index in [0.29, 0.717) is 6.61 Å². The molecule has 0 atom stereocenters. The maximum absolute atomic E-state index is 5.91. The van der Waals surface area contributed by atoms with Gasteiger partial charge < -0.3 is 9.47 Å². The van der Waals surface area contributed by atoms with Crippen molar-refractivity contribution in [2.75, 3.05) is 0 Å². The maximum Gasteiger partial charge on any atom is 0.124 e. The van der Waals surface area contributed by atoms with E-state index in [1.165, 1.54) is 11.1 Å². The van der Waals surface area contributed by atoms with Gasteiger partial charge in [0.15, 0.2) is 0 Å². The van der Waals surface area contributed by atoms with Crippen LogP contribution in [0.15, 0.2) is 49.0 Å². The molecule has 0 unspecified atom stereocenters. The Morgan fingerprint density at radius 1 is 1.10 bits per heavy atom. The molecule has 2 aromatic rings. The normalized spacial score (nSPS) is 10.5. The molecule has 110 valence electrons. The molecule has 0 aliphatic carbocycles. The average molecular weight is 282 g/mol. The molecular formula is C19H22O2. The first kappa shape index (κ1) is 15.2. The van der Waals surface area contributed by atoms with Gasteiger partial charge in [0.2, 0.25) is 0 Å². The Labute approximate surface area is 127 Å². The molecule has 0 aliphatic rings. The van der Waals surface area contributed by atoms with Crippen LogP contribution in [0.4, 0.5) is 0 Å². The molecule has 0 spiro atoms. The van der Waals surface area contributed by atoms with Crippen LogP contribution in [0.3, 0.4) is 0 Å². The molecule has 0 fully saturated rings. The van der Waals surface area contributed by atoms with E-state index in [9.17, 15) is 0 Å². The zero-order chi connectivity index (χ0) is 15.2. The second kappa shape index (κ2) is 6.98. The van der Waals surface area contributed by atoms with Gasteiger partial charge in [0, 0.05) is 6.07 Å².